The lowest BCUT2D eigenvalue weighted by molar-refractivity contribution is -0.114. The number of amides is 1. The average Bonchev–Trinajstić information content (AvgIpc) is 2.60. The SMILES string of the molecule is CCc1cccc(NC(=O)CNc2cccc3c2CCCC3)c1. The fourth-order valence-electron chi connectivity index (χ4n) is 3.20. The molecule has 2 aromatic rings. The van der Waals surface area contributed by atoms with Gasteiger partial charge in [0.2, 0.25) is 5.91 Å². The zero-order valence-corrected chi connectivity index (χ0v) is 13.7. The van der Waals surface area contributed by atoms with Crippen LogP contribution in [0.3, 0.4) is 0 Å². The lowest BCUT2D eigenvalue weighted by Crippen LogP contribution is -2.22. The van der Waals surface area contributed by atoms with Crippen LogP contribution in [0.25, 0.3) is 0 Å². The minimum Gasteiger partial charge on any atom is -0.376 e. The first-order valence-corrected chi connectivity index (χ1v) is 8.49. The van der Waals surface area contributed by atoms with Crippen molar-refractivity contribution >= 4 is 17.3 Å². The predicted molar refractivity (Wildman–Crippen MR) is 96.0 cm³/mol. The number of rotatable bonds is 5. The van der Waals surface area contributed by atoms with Gasteiger partial charge in [0.1, 0.15) is 0 Å². The second-order valence-electron chi connectivity index (χ2n) is 6.11. The Hall–Kier alpha value is -2.29. The summed E-state index contributed by atoms with van der Waals surface area (Å²) in [5, 5.41) is 6.27. The van der Waals surface area contributed by atoms with E-state index in [9.17, 15) is 4.79 Å². The van der Waals surface area contributed by atoms with Gasteiger partial charge in [0.15, 0.2) is 0 Å². The first-order chi connectivity index (χ1) is 11.3. The van der Waals surface area contributed by atoms with Crippen molar-refractivity contribution in [3.63, 3.8) is 0 Å². The van der Waals surface area contributed by atoms with Crippen molar-refractivity contribution < 1.29 is 4.79 Å². The molecule has 0 spiro atoms. The van der Waals surface area contributed by atoms with E-state index in [2.05, 4.69) is 41.8 Å². The largest absolute Gasteiger partial charge is 0.376 e. The van der Waals surface area contributed by atoms with E-state index in [1.807, 2.05) is 18.2 Å². The van der Waals surface area contributed by atoms with Crippen molar-refractivity contribution in [2.75, 3.05) is 17.2 Å². The topological polar surface area (TPSA) is 41.1 Å². The van der Waals surface area contributed by atoms with Crippen molar-refractivity contribution in [2.45, 2.75) is 39.0 Å². The first kappa shape index (κ1) is 15.6. The van der Waals surface area contributed by atoms with Crippen LogP contribution in [0.2, 0.25) is 0 Å². The second kappa shape index (κ2) is 7.32. The van der Waals surface area contributed by atoms with Crippen LogP contribution >= 0.6 is 0 Å². The molecule has 3 nitrogen and oxygen atoms in total. The summed E-state index contributed by atoms with van der Waals surface area (Å²) in [5.41, 5.74) is 6.02. The van der Waals surface area contributed by atoms with Crippen molar-refractivity contribution in [2.24, 2.45) is 0 Å². The van der Waals surface area contributed by atoms with Gasteiger partial charge in [-0.15, -0.1) is 0 Å². The molecule has 0 heterocycles. The molecule has 0 fully saturated rings. The summed E-state index contributed by atoms with van der Waals surface area (Å²) in [7, 11) is 0. The Morgan fingerprint density at radius 1 is 1.09 bits per heavy atom. The Morgan fingerprint density at radius 3 is 2.78 bits per heavy atom. The highest BCUT2D eigenvalue weighted by Gasteiger charge is 2.13. The summed E-state index contributed by atoms with van der Waals surface area (Å²) in [4.78, 5) is 12.2. The molecule has 1 aliphatic rings. The van der Waals surface area contributed by atoms with E-state index in [4.69, 9.17) is 0 Å². The normalized spacial score (nSPS) is 13.3. The molecule has 0 unspecified atom stereocenters. The molecule has 120 valence electrons. The number of anilines is 2. The number of fused-ring (bicyclic) bond motifs is 1. The molecular formula is C20H24N2O. The van der Waals surface area contributed by atoms with Crippen molar-refractivity contribution in [3.8, 4) is 0 Å². The van der Waals surface area contributed by atoms with E-state index < -0.39 is 0 Å². The molecule has 0 atom stereocenters. The highest BCUT2D eigenvalue weighted by molar-refractivity contribution is 5.93. The highest BCUT2D eigenvalue weighted by Crippen LogP contribution is 2.27. The maximum absolute atomic E-state index is 12.2. The third-order valence-electron chi connectivity index (χ3n) is 4.45. The lowest BCUT2D eigenvalue weighted by atomic mass is 9.90. The Labute approximate surface area is 138 Å². The molecule has 2 aromatic carbocycles. The molecule has 0 bridgehead atoms. The molecule has 2 N–H and O–H groups in total. The molecule has 3 rings (SSSR count). The fourth-order valence-corrected chi connectivity index (χ4v) is 3.20. The van der Waals surface area contributed by atoms with Crippen LogP contribution in [0.5, 0.6) is 0 Å². The summed E-state index contributed by atoms with van der Waals surface area (Å²) < 4.78 is 0. The minimum atomic E-state index is -0.00772. The van der Waals surface area contributed by atoms with Gasteiger partial charge in [-0.1, -0.05) is 31.2 Å². The molecule has 0 aromatic heterocycles. The van der Waals surface area contributed by atoms with Crippen LogP contribution in [0.1, 0.15) is 36.5 Å². The van der Waals surface area contributed by atoms with Gasteiger partial charge < -0.3 is 10.6 Å². The van der Waals surface area contributed by atoms with Crippen LogP contribution in [-0.4, -0.2) is 12.5 Å². The van der Waals surface area contributed by atoms with Crippen LogP contribution in [0.15, 0.2) is 42.5 Å². The molecule has 0 saturated carbocycles. The zero-order chi connectivity index (χ0) is 16.1. The van der Waals surface area contributed by atoms with Gasteiger partial charge in [-0.25, -0.2) is 0 Å². The maximum atomic E-state index is 12.2. The van der Waals surface area contributed by atoms with Gasteiger partial charge in [0, 0.05) is 11.4 Å². The molecule has 0 saturated heterocycles. The third kappa shape index (κ3) is 3.92. The van der Waals surface area contributed by atoms with Gasteiger partial charge in [-0.3, -0.25) is 4.79 Å². The summed E-state index contributed by atoms with van der Waals surface area (Å²) in [6, 6.07) is 14.4. The predicted octanol–water partition coefficient (Wildman–Crippen LogP) is 4.18. The van der Waals surface area contributed by atoms with E-state index in [0.717, 1.165) is 30.6 Å². The first-order valence-electron chi connectivity index (χ1n) is 8.49. The maximum Gasteiger partial charge on any atom is 0.243 e. The monoisotopic (exact) mass is 308 g/mol. The number of carbonyl (C=O) groups is 1. The van der Waals surface area contributed by atoms with Crippen LogP contribution in [0.4, 0.5) is 11.4 Å². The molecule has 0 aliphatic heterocycles. The fraction of sp³-hybridized carbons (Fsp3) is 0.350. The smallest absolute Gasteiger partial charge is 0.243 e. The summed E-state index contributed by atoms with van der Waals surface area (Å²) >= 11 is 0. The van der Waals surface area contributed by atoms with Crippen molar-refractivity contribution in [3.05, 3.63) is 59.2 Å². The number of aryl methyl sites for hydroxylation is 2. The quantitative estimate of drug-likeness (QED) is 0.870. The van der Waals surface area contributed by atoms with E-state index in [1.165, 1.54) is 29.5 Å². The number of hydrogen-bond donors (Lipinski definition) is 2. The minimum absolute atomic E-state index is 0.00772. The average molecular weight is 308 g/mol. The Balaban J connectivity index is 1.61. The Morgan fingerprint density at radius 2 is 1.91 bits per heavy atom. The zero-order valence-electron chi connectivity index (χ0n) is 13.7. The molecule has 23 heavy (non-hydrogen) atoms. The number of carbonyl (C=O) groups excluding carboxylic acids is 1. The van der Waals surface area contributed by atoms with Crippen LogP contribution in [0, 0.1) is 0 Å². The van der Waals surface area contributed by atoms with Crippen molar-refractivity contribution in [1.82, 2.24) is 0 Å². The number of benzene rings is 2. The van der Waals surface area contributed by atoms with E-state index in [0.29, 0.717) is 6.54 Å². The third-order valence-corrected chi connectivity index (χ3v) is 4.45. The number of hydrogen-bond acceptors (Lipinski definition) is 2. The molecule has 1 amide bonds. The number of nitrogens with one attached hydrogen (secondary N) is 2. The molecule has 1 aliphatic carbocycles. The second-order valence-corrected chi connectivity index (χ2v) is 6.11. The van der Waals surface area contributed by atoms with Gasteiger partial charge in [-0.2, -0.15) is 0 Å². The van der Waals surface area contributed by atoms with Gasteiger partial charge in [-0.05, 0) is 67.0 Å². The molecule has 0 radical (unpaired) electrons. The van der Waals surface area contributed by atoms with Crippen LogP contribution in [-0.2, 0) is 24.1 Å². The van der Waals surface area contributed by atoms with Crippen molar-refractivity contribution in [1.29, 1.82) is 0 Å². The van der Waals surface area contributed by atoms with Gasteiger partial charge in [0.25, 0.3) is 0 Å². The van der Waals surface area contributed by atoms with E-state index >= 15 is 0 Å². The standard InChI is InChI=1S/C20H24N2O/c1-2-15-7-5-10-17(13-15)22-20(23)14-21-19-12-6-9-16-8-3-4-11-18(16)19/h5-7,9-10,12-13,21H,2-4,8,11,14H2,1H3,(H,22,23). The van der Waals surface area contributed by atoms with E-state index in [1.54, 1.807) is 0 Å². The Kier molecular flexibility index (Phi) is 4.96. The van der Waals surface area contributed by atoms with Crippen LogP contribution < -0.4 is 10.6 Å². The molecular weight excluding hydrogens is 284 g/mol. The highest BCUT2D eigenvalue weighted by atomic mass is 16.1. The van der Waals surface area contributed by atoms with E-state index in [-0.39, 0.29) is 5.91 Å². The Bertz CT molecular complexity index is 694. The van der Waals surface area contributed by atoms with Gasteiger partial charge >= 0.3 is 0 Å². The van der Waals surface area contributed by atoms with Gasteiger partial charge in [0.05, 0.1) is 6.54 Å². The summed E-state index contributed by atoms with van der Waals surface area (Å²) in [5.74, 6) is -0.00772. The summed E-state index contributed by atoms with van der Waals surface area (Å²) in [6.07, 6.45) is 5.74. The summed E-state index contributed by atoms with van der Waals surface area (Å²) in [6.45, 7) is 2.41. The molecule has 3 heteroatoms. The lowest BCUT2D eigenvalue weighted by Gasteiger charge is -2.20.